The third-order valence-corrected chi connectivity index (χ3v) is 4.90. The first-order chi connectivity index (χ1) is 9.81. The second-order valence-corrected chi connectivity index (χ2v) is 6.23. The summed E-state index contributed by atoms with van der Waals surface area (Å²) in [6.07, 6.45) is 5.14. The van der Waals surface area contributed by atoms with Gasteiger partial charge in [-0.15, -0.1) is 11.3 Å². The Morgan fingerprint density at radius 1 is 1.35 bits per heavy atom. The van der Waals surface area contributed by atoms with E-state index in [0.29, 0.717) is 11.8 Å². The molecule has 0 aromatic carbocycles. The summed E-state index contributed by atoms with van der Waals surface area (Å²) in [5.41, 5.74) is 1.39. The van der Waals surface area contributed by atoms with Crippen LogP contribution < -0.4 is 5.32 Å². The monoisotopic (exact) mass is 305 g/mol. The third-order valence-electron chi connectivity index (χ3n) is 3.55. The Labute approximate surface area is 124 Å². The van der Waals surface area contributed by atoms with Gasteiger partial charge in [0.05, 0.1) is 18.2 Å². The highest BCUT2D eigenvalue weighted by molar-refractivity contribution is 7.19. The van der Waals surface area contributed by atoms with E-state index in [0.717, 1.165) is 34.6 Å². The normalized spacial score (nSPS) is 13.8. The standard InChI is InChI=1S/C14H12ClN3OS/c15-14-17-12(16-7-8-3-2-6-19-8)11-9-4-1-5-10(9)20-13(11)18-14/h2-3,6H,1,4-5,7H2,(H,16,17,18). The lowest BCUT2D eigenvalue weighted by atomic mass is 10.2. The van der Waals surface area contributed by atoms with E-state index in [2.05, 4.69) is 15.3 Å². The first-order valence-corrected chi connectivity index (χ1v) is 7.75. The van der Waals surface area contributed by atoms with E-state index in [4.69, 9.17) is 16.0 Å². The summed E-state index contributed by atoms with van der Waals surface area (Å²) in [7, 11) is 0. The fraction of sp³-hybridized carbons (Fsp3) is 0.286. The first kappa shape index (κ1) is 12.2. The van der Waals surface area contributed by atoms with Gasteiger partial charge >= 0.3 is 0 Å². The number of hydrogen-bond acceptors (Lipinski definition) is 5. The molecule has 0 unspecified atom stereocenters. The van der Waals surface area contributed by atoms with Gasteiger partial charge in [-0.05, 0) is 48.6 Å². The highest BCUT2D eigenvalue weighted by Crippen LogP contribution is 2.39. The molecule has 0 amide bonds. The smallest absolute Gasteiger partial charge is 0.225 e. The fourth-order valence-electron chi connectivity index (χ4n) is 2.68. The predicted octanol–water partition coefficient (Wildman–Crippen LogP) is 4.04. The lowest BCUT2D eigenvalue weighted by molar-refractivity contribution is 0.518. The van der Waals surface area contributed by atoms with E-state index < -0.39 is 0 Å². The van der Waals surface area contributed by atoms with E-state index in [9.17, 15) is 0 Å². The van der Waals surface area contributed by atoms with Crippen LogP contribution in [0.5, 0.6) is 0 Å². The summed E-state index contributed by atoms with van der Waals surface area (Å²) in [6, 6.07) is 3.81. The van der Waals surface area contributed by atoms with Gasteiger partial charge < -0.3 is 9.73 Å². The van der Waals surface area contributed by atoms with Gasteiger partial charge in [0.2, 0.25) is 5.28 Å². The van der Waals surface area contributed by atoms with Crippen LogP contribution in [-0.4, -0.2) is 9.97 Å². The van der Waals surface area contributed by atoms with E-state index in [1.165, 1.54) is 16.9 Å². The highest BCUT2D eigenvalue weighted by Gasteiger charge is 2.22. The Kier molecular flexibility index (Phi) is 2.89. The zero-order valence-electron chi connectivity index (χ0n) is 10.6. The molecule has 0 saturated carbocycles. The van der Waals surface area contributed by atoms with Crippen LogP contribution in [0.2, 0.25) is 5.28 Å². The van der Waals surface area contributed by atoms with Crippen LogP contribution in [-0.2, 0) is 19.4 Å². The van der Waals surface area contributed by atoms with Crippen LogP contribution in [0.1, 0.15) is 22.6 Å². The van der Waals surface area contributed by atoms with Crippen molar-refractivity contribution in [1.82, 2.24) is 9.97 Å². The maximum atomic E-state index is 6.03. The molecule has 0 bridgehead atoms. The van der Waals surface area contributed by atoms with Crippen molar-refractivity contribution in [3.63, 3.8) is 0 Å². The maximum Gasteiger partial charge on any atom is 0.225 e. The number of rotatable bonds is 3. The van der Waals surface area contributed by atoms with E-state index >= 15 is 0 Å². The van der Waals surface area contributed by atoms with E-state index in [1.54, 1.807) is 17.6 Å². The zero-order valence-corrected chi connectivity index (χ0v) is 12.2. The van der Waals surface area contributed by atoms with Gasteiger partial charge in [-0.1, -0.05) is 0 Å². The summed E-state index contributed by atoms with van der Waals surface area (Å²) in [5.74, 6) is 1.69. The summed E-state index contributed by atoms with van der Waals surface area (Å²) in [6.45, 7) is 0.597. The van der Waals surface area contributed by atoms with Gasteiger partial charge in [0.25, 0.3) is 0 Å². The van der Waals surface area contributed by atoms with Crippen LogP contribution >= 0.6 is 22.9 Å². The molecule has 0 atom stereocenters. The molecule has 3 heterocycles. The zero-order chi connectivity index (χ0) is 13.5. The molecular formula is C14H12ClN3OS. The Morgan fingerprint density at radius 3 is 3.15 bits per heavy atom. The molecule has 6 heteroatoms. The minimum Gasteiger partial charge on any atom is -0.467 e. The molecule has 102 valence electrons. The van der Waals surface area contributed by atoms with Gasteiger partial charge in [-0.2, -0.15) is 0 Å². The number of aromatic nitrogens is 2. The number of anilines is 1. The average Bonchev–Trinajstić information content (AvgIpc) is 3.11. The van der Waals surface area contributed by atoms with E-state index in [1.807, 2.05) is 12.1 Å². The Morgan fingerprint density at radius 2 is 2.30 bits per heavy atom. The second-order valence-electron chi connectivity index (χ2n) is 4.81. The molecule has 3 aromatic heterocycles. The first-order valence-electron chi connectivity index (χ1n) is 6.55. The molecular weight excluding hydrogens is 294 g/mol. The minimum atomic E-state index is 0.291. The van der Waals surface area contributed by atoms with Crippen molar-refractivity contribution in [2.24, 2.45) is 0 Å². The lowest BCUT2D eigenvalue weighted by Gasteiger charge is -2.06. The maximum absolute atomic E-state index is 6.03. The van der Waals surface area contributed by atoms with Gasteiger partial charge in [-0.25, -0.2) is 9.97 Å². The molecule has 1 aliphatic carbocycles. The topological polar surface area (TPSA) is 51.0 Å². The fourth-order valence-corrected chi connectivity index (χ4v) is 4.16. The summed E-state index contributed by atoms with van der Waals surface area (Å²) in [5, 5.41) is 4.75. The van der Waals surface area contributed by atoms with E-state index in [-0.39, 0.29) is 0 Å². The van der Waals surface area contributed by atoms with Crippen molar-refractivity contribution in [3.8, 4) is 0 Å². The van der Waals surface area contributed by atoms with Crippen molar-refractivity contribution < 1.29 is 4.42 Å². The molecule has 1 N–H and O–H groups in total. The summed E-state index contributed by atoms with van der Waals surface area (Å²) < 4.78 is 5.34. The van der Waals surface area contributed by atoms with Crippen LogP contribution in [0.15, 0.2) is 22.8 Å². The predicted molar refractivity (Wildman–Crippen MR) is 80.5 cm³/mol. The van der Waals surface area contributed by atoms with Gasteiger partial charge in [0.1, 0.15) is 16.4 Å². The number of furan rings is 1. The molecule has 0 radical (unpaired) electrons. The largest absolute Gasteiger partial charge is 0.467 e. The van der Waals surface area contributed by atoms with Crippen molar-refractivity contribution >= 4 is 39.0 Å². The Bertz CT molecular complexity index is 766. The van der Waals surface area contributed by atoms with Crippen molar-refractivity contribution in [2.45, 2.75) is 25.8 Å². The molecule has 20 heavy (non-hydrogen) atoms. The van der Waals surface area contributed by atoms with Crippen LogP contribution in [0.25, 0.3) is 10.2 Å². The van der Waals surface area contributed by atoms with Crippen LogP contribution in [0.3, 0.4) is 0 Å². The number of halogens is 1. The third kappa shape index (κ3) is 1.98. The summed E-state index contributed by atoms with van der Waals surface area (Å²) >= 11 is 7.77. The lowest BCUT2D eigenvalue weighted by Crippen LogP contribution is -2.02. The quantitative estimate of drug-likeness (QED) is 0.742. The Hall–Kier alpha value is -1.59. The number of aryl methyl sites for hydroxylation is 2. The molecule has 0 fully saturated rings. The molecule has 4 nitrogen and oxygen atoms in total. The molecule has 4 rings (SSSR count). The van der Waals surface area contributed by atoms with Crippen molar-refractivity contribution in [2.75, 3.05) is 5.32 Å². The molecule has 0 spiro atoms. The number of nitrogens with one attached hydrogen (secondary N) is 1. The van der Waals surface area contributed by atoms with Gasteiger partial charge in [-0.3, -0.25) is 0 Å². The van der Waals surface area contributed by atoms with Crippen molar-refractivity contribution in [3.05, 3.63) is 39.9 Å². The second kappa shape index (κ2) is 4.75. The number of hydrogen-bond donors (Lipinski definition) is 1. The van der Waals surface area contributed by atoms with Gasteiger partial charge in [0.15, 0.2) is 0 Å². The van der Waals surface area contributed by atoms with Crippen LogP contribution in [0, 0.1) is 0 Å². The molecule has 0 aliphatic heterocycles. The van der Waals surface area contributed by atoms with Crippen LogP contribution in [0.4, 0.5) is 5.82 Å². The Balaban J connectivity index is 1.77. The SMILES string of the molecule is Clc1nc(NCc2ccco2)c2c3c(sc2n1)CCC3. The summed E-state index contributed by atoms with van der Waals surface area (Å²) in [4.78, 5) is 11.1. The minimum absolute atomic E-state index is 0.291. The van der Waals surface area contributed by atoms with Gasteiger partial charge in [0, 0.05) is 4.88 Å². The number of fused-ring (bicyclic) bond motifs is 3. The number of thiophene rings is 1. The molecule has 3 aromatic rings. The number of nitrogens with zero attached hydrogens (tertiary/aromatic N) is 2. The van der Waals surface area contributed by atoms with Crippen molar-refractivity contribution in [1.29, 1.82) is 0 Å². The molecule has 0 saturated heterocycles. The highest BCUT2D eigenvalue weighted by atomic mass is 35.5. The average molecular weight is 306 g/mol. The molecule has 1 aliphatic rings.